The van der Waals surface area contributed by atoms with E-state index in [4.69, 9.17) is 9.47 Å². The van der Waals surface area contributed by atoms with E-state index in [1.807, 2.05) is 37.3 Å². The van der Waals surface area contributed by atoms with Gasteiger partial charge in [-0.25, -0.2) is 4.79 Å². The number of hydrogen-bond acceptors (Lipinski definition) is 7. The summed E-state index contributed by atoms with van der Waals surface area (Å²) in [5, 5.41) is 1.49. The Labute approximate surface area is 193 Å². The number of thiophene rings is 1. The van der Waals surface area contributed by atoms with Crippen molar-refractivity contribution in [3.05, 3.63) is 87.0 Å². The third kappa shape index (κ3) is 4.92. The highest BCUT2D eigenvalue weighted by atomic mass is 32.2. The number of carbonyl (C=O) groups excluding carboxylic acids is 3. The zero-order valence-corrected chi connectivity index (χ0v) is 18.8. The van der Waals surface area contributed by atoms with Crippen LogP contribution < -0.4 is 9.47 Å². The minimum absolute atomic E-state index is 0.227. The number of carbonyl (C=O) groups is 3. The summed E-state index contributed by atoms with van der Waals surface area (Å²) in [6.07, 6.45) is 1.64. The second-order valence-electron chi connectivity index (χ2n) is 6.76. The van der Waals surface area contributed by atoms with Crippen molar-refractivity contribution in [3.63, 3.8) is 0 Å². The van der Waals surface area contributed by atoms with Crippen molar-refractivity contribution in [2.24, 2.45) is 0 Å². The van der Waals surface area contributed by atoms with Crippen LogP contribution in [-0.4, -0.2) is 28.6 Å². The molecule has 2 aromatic carbocycles. The van der Waals surface area contributed by atoms with E-state index in [1.54, 1.807) is 41.8 Å². The summed E-state index contributed by atoms with van der Waals surface area (Å²) in [7, 11) is 0. The number of ether oxygens (including phenoxy) is 2. The standard InChI is InChI=1S/C24H19NO5S2/c1-2-29-19-13-17(10-11-18(19)30-23(27)20-9-6-12-31-20)14-21-22(26)25(24(28)32-21)15-16-7-4-3-5-8-16/h3-14H,2,15H2,1H3/b21-14-. The molecule has 0 bridgehead atoms. The molecule has 1 fully saturated rings. The van der Waals surface area contributed by atoms with E-state index in [-0.39, 0.29) is 17.7 Å². The zero-order valence-electron chi connectivity index (χ0n) is 17.1. The van der Waals surface area contributed by atoms with Gasteiger partial charge in [0.2, 0.25) is 0 Å². The highest BCUT2D eigenvalue weighted by Crippen LogP contribution is 2.35. The summed E-state index contributed by atoms with van der Waals surface area (Å²) in [5.41, 5.74) is 1.54. The largest absolute Gasteiger partial charge is 0.490 e. The number of benzene rings is 2. The van der Waals surface area contributed by atoms with Crippen LogP contribution in [0.25, 0.3) is 6.08 Å². The van der Waals surface area contributed by atoms with Gasteiger partial charge in [-0.15, -0.1) is 11.3 Å². The molecule has 1 saturated heterocycles. The first kappa shape index (κ1) is 21.9. The molecule has 0 atom stereocenters. The minimum atomic E-state index is -0.462. The van der Waals surface area contributed by atoms with Gasteiger partial charge in [-0.1, -0.05) is 42.5 Å². The van der Waals surface area contributed by atoms with Crippen LogP contribution in [0.2, 0.25) is 0 Å². The molecule has 0 saturated carbocycles. The quantitative estimate of drug-likeness (QED) is 0.257. The van der Waals surface area contributed by atoms with E-state index >= 15 is 0 Å². The number of hydrogen-bond donors (Lipinski definition) is 0. The molecule has 0 unspecified atom stereocenters. The molecular formula is C24H19NO5S2. The molecule has 0 aliphatic carbocycles. The van der Waals surface area contributed by atoms with Gasteiger partial charge in [-0.2, -0.15) is 0 Å². The lowest BCUT2D eigenvalue weighted by Gasteiger charge is -2.12. The Morgan fingerprint density at radius 1 is 1.03 bits per heavy atom. The number of thioether (sulfide) groups is 1. The topological polar surface area (TPSA) is 72.9 Å². The van der Waals surface area contributed by atoms with Crippen LogP contribution in [0.3, 0.4) is 0 Å². The van der Waals surface area contributed by atoms with Crippen LogP contribution in [0.4, 0.5) is 4.79 Å². The SMILES string of the molecule is CCOc1cc(/C=C2\SC(=O)N(Cc3ccccc3)C2=O)ccc1OC(=O)c1cccs1. The van der Waals surface area contributed by atoms with E-state index in [0.717, 1.165) is 17.3 Å². The molecule has 1 aliphatic heterocycles. The highest BCUT2D eigenvalue weighted by Gasteiger charge is 2.35. The lowest BCUT2D eigenvalue weighted by Crippen LogP contribution is -2.27. The summed E-state index contributed by atoms with van der Waals surface area (Å²) >= 11 is 2.20. The third-order valence-corrected chi connectivity index (χ3v) is 6.30. The van der Waals surface area contributed by atoms with Crippen LogP contribution >= 0.6 is 23.1 Å². The Balaban J connectivity index is 1.54. The van der Waals surface area contributed by atoms with Gasteiger partial charge in [0.1, 0.15) is 4.88 Å². The van der Waals surface area contributed by atoms with Gasteiger partial charge in [0, 0.05) is 0 Å². The Morgan fingerprint density at radius 2 is 1.84 bits per heavy atom. The van der Waals surface area contributed by atoms with Gasteiger partial charge >= 0.3 is 5.97 Å². The maximum absolute atomic E-state index is 12.8. The molecule has 0 N–H and O–H groups in total. The lowest BCUT2D eigenvalue weighted by molar-refractivity contribution is -0.123. The van der Waals surface area contributed by atoms with Gasteiger partial charge in [0.25, 0.3) is 11.1 Å². The number of esters is 1. The van der Waals surface area contributed by atoms with E-state index in [9.17, 15) is 14.4 Å². The Morgan fingerprint density at radius 3 is 2.56 bits per heavy atom. The van der Waals surface area contributed by atoms with Gasteiger partial charge in [0.05, 0.1) is 18.1 Å². The third-order valence-electron chi connectivity index (χ3n) is 4.55. The summed E-state index contributed by atoms with van der Waals surface area (Å²) in [4.78, 5) is 39.5. The van der Waals surface area contributed by atoms with Crippen molar-refractivity contribution >= 4 is 46.3 Å². The maximum Gasteiger partial charge on any atom is 0.353 e. The molecule has 32 heavy (non-hydrogen) atoms. The van der Waals surface area contributed by atoms with Crippen molar-refractivity contribution in [2.45, 2.75) is 13.5 Å². The van der Waals surface area contributed by atoms with Crippen molar-refractivity contribution in [3.8, 4) is 11.5 Å². The Hall–Kier alpha value is -3.36. The molecule has 0 radical (unpaired) electrons. The average molecular weight is 466 g/mol. The lowest BCUT2D eigenvalue weighted by atomic mass is 10.1. The summed E-state index contributed by atoms with van der Waals surface area (Å²) in [5.74, 6) is -0.125. The number of imide groups is 1. The van der Waals surface area contributed by atoms with E-state index < -0.39 is 5.97 Å². The van der Waals surface area contributed by atoms with Crippen LogP contribution in [0.1, 0.15) is 27.7 Å². The van der Waals surface area contributed by atoms with Gasteiger partial charge in [0.15, 0.2) is 11.5 Å². The molecular weight excluding hydrogens is 446 g/mol. The second-order valence-corrected chi connectivity index (χ2v) is 8.70. The molecule has 6 nitrogen and oxygen atoms in total. The Kier molecular flexibility index (Phi) is 6.72. The van der Waals surface area contributed by atoms with Crippen LogP contribution in [0.15, 0.2) is 70.9 Å². The van der Waals surface area contributed by atoms with Crippen molar-refractivity contribution in [1.29, 1.82) is 0 Å². The van der Waals surface area contributed by atoms with E-state index in [2.05, 4.69) is 0 Å². The highest BCUT2D eigenvalue weighted by molar-refractivity contribution is 8.18. The molecule has 2 heterocycles. The predicted molar refractivity (Wildman–Crippen MR) is 125 cm³/mol. The molecule has 2 amide bonds. The first-order valence-corrected chi connectivity index (χ1v) is 11.6. The smallest absolute Gasteiger partial charge is 0.353 e. The molecule has 3 aromatic rings. The van der Waals surface area contributed by atoms with E-state index in [0.29, 0.717) is 33.5 Å². The van der Waals surface area contributed by atoms with Crippen LogP contribution in [0, 0.1) is 0 Å². The fraction of sp³-hybridized carbons (Fsp3) is 0.125. The zero-order chi connectivity index (χ0) is 22.5. The molecule has 162 valence electrons. The van der Waals surface area contributed by atoms with Crippen molar-refractivity contribution in [1.82, 2.24) is 4.90 Å². The second kappa shape index (κ2) is 9.84. The fourth-order valence-electron chi connectivity index (χ4n) is 3.07. The summed E-state index contributed by atoms with van der Waals surface area (Å²) in [6, 6.07) is 17.8. The number of nitrogens with zero attached hydrogens (tertiary/aromatic N) is 1. The van der Waals surface area contributed by atoms with Crippen molar-refractivity contribution < 1.29 is 23.9 Å². The van der Waals surface area contributed by atoms with Crippen LogP contribution in [0.5, 0.6) is 11.5 Å². The summed E-state index contributed by atoms with van der Waals surface area (Å²) < 4.78 is 11.1. The first-order valence-electron chi connectivity index (χ1n) is 9.87. The van der Waals surface area contributed by atoms with Crippen LogP contribution in [-0.2, 0) is 11.3 Å². The summed E-state index contributed by atoms with van der Waals surface area (Å²) in [6.45, 7) is 2.43. The molecule has 4 rings (SSSR count). The van der Waals surface area contributed by atoms with Gasteiger partial charge in [-0.05, 0) is 59.5 Å². The normalized spacial score (nSPS) is 14.8. The molecule has 1 aliphatic rings. The maximum atomic E-state index is 12.8. The fourth-order valence-corrected chi connectivity index (χ4v) is 4.50. The molecule has 0 spiro atoms. The first-order chi connectivity index (χ1) is 15.5. The Bertz CT molecular complexity index is 1170. The van der Waals surface area contributed by atoms with E-state index in [1.165, 1.54) is 16.2 Å². The monoisotopic (exact) mass is 465 g/mol. The molecule has 1 aromatic heterocycles. The number of rotatable bonds is 7. The average Bonchev–Trinajstić information content (AvgIpc) is 3.42. The van der Waals surface area contributed by atoms with Gasteiger partial charge < -0.3 is 9.47 Å². The van der Waals surface area contributed by atoms with Gasteiger partial charge in [-0.3, -0.25) is 14.5 Å². The number of amides is 2. The predicted octanol–water partition coefficient (Wildman–Crippen LogP) is 5.60. The molecule has 8 heteroatoms. The minimum Gasteiger partial charge on any atom is -0.490 e. The van der Waals surface area contributed by atoms with Crippen molar-refractivity contribution in [2.75, 3.05) is 6.61 Å².